The van der Waals surface area contributed by atoms with E-state index in [2.05, 4.69) is 45.0 Å². The molecule has 0 atom stereocenters. The van der Waals surface area contributed by atoms with Crippen molar-refractivity contribution in [3.05, 3.63) is 28.5 Å². The Morgan fingerprint density at radius 1 is 1.42 bits per heavy atom. The fraction of sp³-hybridized carbons (Fsp3) is 0.571. The Kier molecular flexibility index (Phi) is 4.93. The SMILES string of the molecule is CC(C)N1CCC(NC(=O)c2cccc(Br)n2)CC1. The monoisotopic (exact) mass is 325 g/mol. The van der Waals surface area contributed by atoms with Gasteiger partial charge in [0.2, 0.25) is 0 Å². The molecule has 2 heterocycles. The highest BCUT2D eigenvalue weighted by molar-refractivity contribution is 9.10. The number of likely N-dealkylation sites (tertiary alicyclic amines) is 1. The summed E-state index contributed by atoms with van der Waals surface area (Å²) < 4.78 is 0.690. The number of amides is 1. The summed E-state index contributed by atoms with van der Waals surface area (Å²) in [7, 11) is 0. The average molecular weight is 326 g/mol. The van der Waals surface area contributed by atoms with Gasteiger partial charge in [0.15, 0.2) is 0 Å². The van der Waals surface area contributed by atoms with Crippen LogP contribution >= 0.6 is 15.9 Å². The highest BCUT2D eigenvalue weighted by atomic mass is 79.9. The van der Waals surface area contributed by atoms with Crippen molar-refractivity contribution in [3.8, 4) is 0 Å². The number of hydrogen-bond acceptors (Lipinski definition) is 3. The summed E-state index contributed by atoms with van der Waals surface area (Å²) in [5.74, 6) is -0.0794. The van der Waals surface area contributed by atoms with E-state index in [1.807, 2.05) is 12.1 Å². The number of halogens is 1. The molecular weight excluding hydrogens is 306 g/mol. The van der Waals surface area contributed by atoms with Gasteiger partial charge in [0.05, 0.1) is 0 Å². The molecule has 0 unspecified atom stereocenters. The standard InChI is InChI=1S/C14H20BrN3O/c1-10(2)18-8-6-11(7-9-18)16-14(19)12-4-3-5-13(15)17-12/h3-5,10-11H,6-9H2,1-2H3,(H,16,19). The van der Waals surface area contributed by atoms with Crippen LogP contribution in [-0.2, 0) is 0 Å². The van der Waals surface area contributed by atoms with Gasteiger partial charge >= 0.3 is 0 Å². The fourth-order valence-electron chi connectivity index (χ4n) is 2.35. The molecular formula is C14H20BrN3O. The molecule has 1 fully saturated rings. The Morgan fingerprint density at radius 2 is 2.11 bits per heavy atom. The molecule has 0 aromatic carbocycles. The molecule has 1 amide bonds. The number of carbonyl (C=O) groups excluding carboxylic acids is 1. The molecule has 19 heavy (non-hydrogen) atoms. The quantitative estimate of drug-likeness (QED) is 0.868. The molecule has 5 heteroatoms. The van der Waals surface area contributed by atoms with E-state index in [9.17, 15) is 4.79 Å². The van der Waals surface area contributed by atoms with Gasteiger partial charge in [-0.2, -0.15) is 0 Å². The minimum Gasteiger partial charge on any atom is -0.348 e. The first-order chi connectivity index (χ1) is 9.06. The topological polar surface area (TPSA) is 45.2 Å². The van der Waals surface area contributed by atoms with Crippen molar-refractivity contribution in [1.29, 1.82) is 0 Å². The molecule has 104 valence electrons. The van der Waals surface area contributed by atoms with Crippen LogP contribution in [0.4, 0.5) is 0 Å². The Hall–Kier alpha value is -0.940. The lowest BCUT2D eigenvalue weighted by molar-refractivity contribution is 0.0895. The first-order valence-electron chi connectivity index (χ1n) is 6.73. The van der Waals surface area contributed by atoms with Crippen LogP contribution in [0.3, 0.4) is 0 Å². The Bertz CT molecular complexity index is 442. The van der Waals surface area contributed by atoms with Crippen molar-refractivity contribution in [2.45, 2.75) is 38.8 Å². The van der Waals surface area contributed by atoms with Gasteiger partial charge < -0.3 is 10.2 Å². The number of carbonyl (C=O) groups is 1. The van der Waals surface area contributed by atoms with E-state index in [0.29, 0.717) is 16.3 Å². The second kappa shape index (κ2) is 6.48. The molecule has 1 aliphatic heterocycles. The summed E-state index contributed by atoms with van der Waals surface area (Å²) in [6.45, 7) is 6.53. The van der Waals surface area contributed by atoms with Gasteiger partial charge in [-0.3, -0.25) is 4.79 Å². The van der Waals surface area contributed by atoms with Crippen molar-refractivity contribution in [2.24, 2.45) is 0 Å². The number of nitrogens with zero attached hydrogens (tertiary/aromatic N) is 2. The molecule has 0 radical (unpaired) electrons. The number of piperidine rings is 1. The van der Waals surface area contributed by atoms with Gasteiger partial charge in [0.25, 0.3) is 5.91 Å². The second-order valence-corrected chi connectivity index (χ2v) is 6.04. The van der Waals surface area contributed by atoms with E-state index in [4.69, 9.17) is 0 Å². The van der Waals surface area contributed by atoms with E-state index in [1.54, 1.807) is 6.07 Å². The van der Waals surface area contributed by atoms with Crippen LogP contribution in [0.15, 0.2) is 22.8 Å². The lowest BCUT2D eigenvalue weighted by Crippen LogP contribution is -2.46. The molecule has 1 aliphatic rings. The first kappa shape index (κ1) is 14.5. The van der Waals surface area contributed by atoms with Crippen LogP contribution in [0.1, 0.15) is 37.2 Å². The molecule has 0 spiro atoms. The summed E-state index contributed by atoms with van der Waals surface area (Å²) >= 11 is 3.28. The van der Waals surface area contributed by atoms with Crippen molar-refractivity contribution in [2.75, 3.05) is 13.1 Å². The molecule has 2 rings (SSSR count). The van der Waals surface area contributed by atoms with E-state index in [-0.39, 0.29) is 11.9 Å². The third kappa shape index (κ3) is 4.01. The normalized spacial score (nSPS) is 17.7. The summed E-state index contributed by atoms with van der Waals surface area (Å²) in [6, 6.07) is 6.24. The van der Waals surface area contributed by atoms with Crippen LogP contribution < -0.4 is 5.32 Å². The molecule has 1 aromatic rings. The van der Waals surface area contributed by atoms with Gasteiger partial charge in [-0.15, -0.1) is 0 Å². The average Bonchev–Trinajstić information content (AvgIpc) is 2.39. The molecule has 1 N–H and O–H groups in total. The minimum absolute atomic E-state index is 0.0794. The van der Waals surface area contributed by atoms with E-state index < -0.39 is 0 Å². The molecule has 4 nitrogen and oxygen atoms in total. The van der Waals surface area contributed by atoms with Gasteiger partial charge in [0, 0.05) is 25.2 Å². The van der Waals surface area contributed by atoms with Gasteiger partial charge in [0.1, 0.15) is 10.3 Å². The predicted octanol–water partition coefficient (Wildman–Crippen LogP) is 2.45. The van der Waals surface area contributed by atoms with Gasteiger partial charge in [-0.25, -0.2) is 4.98 Å². The number of rotatable bonds is 3. The molecule has 0 saturated carbocycles. The second-order valence-electron chi connectivity index (χ2n) is 5.22. The number of aromatic nitrogens is 1. The number of hydrogen-bond donors (Lipinski definition) is 1. The summed E-state index contributed by atoms with van der Waals surface area (Å²) in [5, 5.41) is 3.07. The third-order valence-electron chi connectivity index (χ3n) is 3.54. The Morgan fingerprint density at radius 3 is 2.68 bits per heavy atom. The van der Waals surface area contributed by atoms with Gasteiger partial charge in [-0.1, -0.05) is 6.07 Å². The van der Waals surface area contributed by atoms with Crippen molar-refractivity contribution in [3.63, 3.8) is 0 Å². The summed E-state index contributed by atoms with van der Waals surface area (Å²) in [4.78, 5) is 18.7. The number of nitrogens with one attached hydrogen (secondary N) is 1. The largest absolute Gasteiger partial charge is 0.348 e. The Balaban J connectivity index is 1.87. The van der Waals surface area contributed by atoms with Crippen LogP contribution in [0, 0.1) is 0 Å². The van der Waals surface area contributed by atoms with Crippen LogP contribution in [0.5, 0.6) is 0 Å². The molecule has 0 bridgehead atoms. The molecule has 1 aromatic heterocycles. The van der Waals surface area contributed by atoms with Crippen molar-refractivity contribution < 1.29 is 4.79 Å². The highest BCUT2D eigenvalue weighted by Gasteiger charge is 2.22. The minimum atomic E-state index is -0.0794. The lowest BCUT2D eigenvalue weighted by atomic mass is 10.0. The fourth-order valence-corrected chi connectivity index (χ4v) is 2.70. The van der Waals surface area contributed by atoms with E-state index in [0.717, 1.165) is 25.9 Å². The maximum atomic E-state index is 12.1. The van der Waals surface area contributed by atoms with Crippen molar-refractivity contribution >= 4 is 21.8 Å². The number of pyridine rings is 1. The van der Waals surface area contributed by atoms with E-state index in [1.165, 1.54) is 0 Å². The first-order valence-corrected chi connectivity index (χ1v) is 7.53. The smallest absolute Gasteiger partial charge is 0.270 e. The highest BCUT2D eigenvalue weighted by Crippen LogP contribution is 2.14. The molecule has 1 saturated heterocycles. The van der Waals surface area contributed by atoms with E-state index >= 15 is 0 Å². The zero-order chi connectivity index (χ0) is 13.8. The maximum Gasteiger partial charge on any atom is 0.270 e. The van der Waals surface area contributed by atoms with Crippen LogP contribution in [-0.4, -0.2) is 41.0 Å². The van der Waals surface area contributed by atoms with Crippen molar-refractivity contribution in [1.82, 2.24) is 15.2 Å². The summed E-state index contributed by atoms with van der Waals surface area (Å²) in [5.41, 5.74) is 0.473. The van der Waals surface area contributed by atoms with Crippen LogP contribution in [0.2, 0.25) is 0 Å². The third-order valence-corrected chi connectivity index (χ3v) is 3.98. The lowest BCUT2D eigenvalue weighted by Gasteiger charge is -2.34. The maximum absolute atomic E-state index is 12.1. The zero-order valence-corrected chi connectivity index (χ0v) is 13.0. The Labute approximate surface area is 122 Å². The molecule has 0 aliphatic carbocycles. The van der Waals surface area contributed by atoms with Gasteiger partial charge in [-0.05, 0) is 54.8 Å². The zero-order valence-electron chi connectivity index (χ0n) is 11.4. The predicted molar refractivity (Wildman–Crippen MR) is 79.1 cm³/mol. The van der Waals surface area contributed by atoms with Crippen LogP contribution in [0.25, 0.3) is 0 Å². The summed E-state index contributed by atoms with van der Waals surface area (Å²) in [6.07, 6.45) is 2.02.